The van der Waals surface area contributed by atoms with E-state index in [0.29, 0.717) is 36.5 Å². The van der Waals surface area contributed by atoms with Gasteiger partial charge in [-0.3, -0.25) is 9.69 Å². The van der Waals surface area contributed by atoms with Gasteiger partial charge in [-0.05, 0) is 30.5 Å². The standard InChI is InChI=1S/C20H27F3N2O6/c1-13(26)24-19(18(27)30-4,20(21,22)23)25(12-15-6-5-9-31-15)11-14-7-8-16(28-2)17(10-14)29-3/h7-8,10,15H,5-6,9,11-12H2,1-4H3,(H,24,26)/t15-,19-/m1/s1. The van der Waals surface area contributed by atoms with Crippen molar-refractivity contribution < 1.29 is 41.7 Å². The molecule has 1 amide bonds. The quantitative estimate of drug-likeness (QED) is 0.458. The minimum atomic E-state index is -5.18. The molecule has 0 unspecified atom stereocenters. The number of nitrogens with zero attached hydrogens (tertiary/aromatic N) is 1. The molecule has 0 aliphatic carbocycles. The first-order chi connectivity index (χ1) is 14.6. The van der Waals surface area contributed by atoms with Gasteiger partial charge in [0, 0.05) is 26.6 Å². The fraction of sp³-hybridized carbons (Fsp3) is 0.600. The summed E-state index contributed by atoms with van der Waals surface area (Å²) in [6.45, 7) is 0.703. The number of nitrogens with one attached hydrogen (secondary N) is 1. The Hall–Kier alpha value is -2.53. The molecule has 1 aliphatic heterocycles. The number of esters is 1. The summed E-state index contributed by atoms with van der Waals surface area (Å²) in [6.07, 6.45) is -4.51. The molecule has 1 N–H and O–H groups in total. The maximum absolute atomic E-state index is 14.4. The number of carbonyl (C=O) groups excluding carboxylic acids is 2. The molecule has 2 rings (SSSR count). The largest absolute Gasteiger partial charge is 0.493 e. The Balaban J connectivity index is 2.57. The molecule has 1 aromatic carbocycles. The van der Waals surface area contributed by atoms with Crippen LogP contribution in [0.3, 0.4) is 0 Å². The van der Waals surface area contributed by atoms with Gasteiger partial charge >= 0.3 is 12.1 Å². The van der Waals surface area contributed by atoms with Gasteiger partial charge in [-0.15, -0.1) is 0 Å². The molecule has 0 bridgehead atoms. The maximum atomic E-state index is 14.4. The van der Waals surface area contributed by atoms with Gasteiger partial charge in [0.25, 0.3) is 5.66 Å². The van der Waals surface area contributed by atoms with Crippen LogP contribution in [-0.2, 0) is 25.6 Å². The van der Waals surface area contributed by atoms with Crippen molar-refractivity contribution >= 4 is 11.9 Å². The second-order valence-corrected chi connectivity index (χ2v) is 7.09. The molecule has 8 nitrogen and oxygen atoms in total. The van der Waals surface area contributed by atoms with Crippen molar-refractivity contribution in [3.63, 3.8) is 0 Å². The summed E-state index contributed by atoms with van der Waals surface area (Å²) >= 11 is 0. The van der Waals surface area contributed by atoms with Gasteiger partial charge in [0.05, 0.1) is 27.4 Å². The van der Waals surface area contributed by atoms with Crippen molar-refractivity contribution in [2.45, 2.75) is 44.3 Å². The molecule has 1 heterocycles. The highest BCUT2D eigenvalue weighted by Gasteiger charge is 2.66. The summed E-state index contributed by atoms with van der Waals surface area (Å²) in [4.78, 5) is 25.2. The number of carbonyl (C=O) groups is 2. The lowest BCUT2D eigenvalue weighted by atomic mass is 10.0. The van der Waals surface area contributed by atoms with Gasteiger partial charge in [-0.25, -0.2) is 4.79 Å². The summed E-state index contributed by atoms with van der Waals surface area (Å²) in [5.41, 5.74) is -2.99. The number of ether oxygens (including phenoxy) is 4. The van der Waals surface area contributed by atoms with Crippen LogP contribution in [0, 0.1) is 0 Å². The van der Waals surface area contributed by atoms with Gasteiger partial charge in [0.1, 0.15) is 0 Å². The minimum Gasteiger partial charge on any atom is -0.493 e. The van der Waals surface area contributed by atoms with E-state index >= 15 is 0 Å². The molecule has 11 heteroatoms. The molecule has 0 aromatic heterocycles. The second kappa shape index (κ2) is 10.2. The van der Waals surface area contributed by atoms with Crippen LogP contribution in [0.5, 0.6) is 11.5 Å². The number of methoxy groups -OCH3 is 3. The van der Waals surface area contributed by atoms with E-state index in [1.165, 1.54) is 20.3 Å². The molecule has 1 fully saturated rings. The van der Waals surface area contributed by atoms with Crippen LogP contribution in [0.4, 0.5) is 13.2 Å². The van der Waals surface area contributed by atoms with E-state index in [4.69, 9.17) is 14.2 Å². The predicted molar refractivity (Wildman–Crippen MR) is 104 cm³/mol. The Bertz CT molecular complexity index is 783. The van der Waals surface area contributed by atoms with Crippen molar-refractivity contribution in [2.24, 2.45) is 0 Å². The molecule has 0 saturated carbocycles. The van der Waals surface area contributed by atoms with Gasteiger partial charge in [0.15, 0.2) is 11.5 Å². The third kappa shape index (κ3) is 5.40. The number of amides is 1. The van der Waals surface area contributed by atoms with E-state index < -0.39 is 29.8 Å². The summed E-state index contributed by atoms with van der Waals surface area (Å²) in [5.74, 6) is -1.97. The lowest BCUT2D eigenvalue weighted by molar-refractivity contribution is -0.252. The smallest absolute Gasteiger partial charge is 0.436 e. The molecule has 0 radical (unpaired) electrons. The normalized spacial score (nSPS) is 18.4. The molecular formula is C20H27F3N2O6. The average Bonchev–Trinajstić information content (AvgIpc) is 3.22. The lowest BCUT2D eigenvalue weighted by Gasteiger charge is -2.43. The van der Waals surface area contributed by atoms with Gasteiger partial charge in [-0.2, -0.15) is 13.2 Å². The van der Waals surface area contributed by atoms with Crippen LogP contribution >= 0.6 is 0 Å². The topological polar surface area (TPSA) is 86.3 Å². The first-order valence-electron chi connectivity index (χ1n) is 9.60. The number of halogens is 3. The van der Waals surface area contributed by atoms with E-state index in [1.54, 1.807) is 17.4 Å². The molecule has 174 valence electrons. The molecule has 1 aliphatic rings. The van der Waals surface area contributed by atoms with Gasteiger partial charge < -0.3 is 24.3 Å². The molecule has 0 spiro atoms. The molecule has 1 aromatic rings. The molecule has 31 heavy (non-hydrogen) atoms. The van der Waals surface area contributed by atoms with Crippen LogP contribution in [0.25, 0.3) is 0 Å². The van der Waals surface area contributed by atoms with Crippen molar-refractivity contribution in [1.82, 2.24) is 10.2 Å². The SMILES string of the molecule is COC(=O)[C@@](NC(C)=O)(N(Cc1ccc(OC)c(OC)c1)C[C@H]1CCCO1)C(F)(F)F. The van der Waals surface area contributed by atoms with Crippen molar-refractivity contribution in [3.05, 3.63) is 23.8 Å². The minimum absolute atomic E-state index is 0.261. The van der Waals surface area contributed by atoms with Crippen LogP contribution in [0.2, 0.25) is 0 Å². The number of benzene rings is 1. The fourth-order valence-corrected chi connectivity index (χ4v) is 3.58. The van der Waals surface area contributed by atoms with Crippen LogP contribution in [0.15, 0.2) is 18.2 Å². The first kappa shape index (κ1) is 24.7. The average molecular weight is 448 g/mol. The Kier molecular flexibility index (Phi) is 8.13. The predicted octanol–water partition coefficient (Wildman–Crippen LogP) is 2.25. The van der Waals surface area contributed by atoms with Crippen LogP contribution in [0.1, 0.15) is 25.3 Å². The Morgan fingerprint density at radius 1 is 1.19 bits per heavy atom. The number of hydrogen-bond donors (Lipinski definition) is 1. The molecule has 1 saturated heterocycles. The van der Waals surface area contributed by atoms with E-state index in [-0.39, 0.29) is 13.1 Å². The lowest BCUT2D eigenvalue weighted by Crippen LogP contribution is -2.73. The van der Waals surface area contributed by atoms with Crippen LogP contribution in [-0.4, -0.2) is 69.2 Å². The third-order valence-corrected chi connectivity index (χ3v) is 4.99. The highest BCUT2D eigenvalue weighted by molar-refractivity contribution is 5.87. The van der Waals surface area contributed by atoms with Crippen molar-refractivity contribution in [1.29, 1.82) is 0 Å². The first-order valence-corrected chi connectivity index (χ1v) is 9.60. The number of hydrogen-bond acceptors (Lipinski definition) is 7. The maximum Gasteiger partial charge on any atom is 0.436 e. The van der Waals surface area contributed by atoms with Gasteiger partial charge in [0.2, 0.25) is 5.91 Å². The Morgan fingerprint density at radius 3 is 2.35 bits per heavy atom. The molecule has 2 atom stereocenters. The monoisotopic (exact) mass is 448 g/mol. The Labute approximate surface area is 178 Å². The summed E-state index contributed by atoms with van der Waals surface area (Å²) in [6, 6.07) is 4.60. The third-order valence-electron chi connectivity index (χ3n) is 4.99. The zero-order valence-electron chi connectivity index (χ0n) is 17.9. The van der Waals surface area contributed by atoms with Crippen molar-refractivity contribution in [3.8, 4) is 11.5 Å². The van der Waals surface area contributed by atoms with E-state index in [2.05, 4.69) is 4.74 Å². The van der Waals surface area contributed by atoms with E-state index in [1.807, 2.05) is 0 Å². The molecular weight excluding hydrogens is 421 g/mol. The Morgan fingerprint density at radius 2 is 1.87 bits per heavy atom. The summed E-state index contributed by atoms with van der Waals surface area (Å²) < 4.78 is 63.7. The van der Waals surface area contributed by atoms with Gasteiger partial charge in [-0.1, -0.05) is 6.07 Å². The van der Waals surface area contributed by atoms with Crippen LogP contribution < -0.4 is 14.8 Å². The fourth-order valence-electron chi connectivity index (χ4n) is 3.58. The van der Waals surface area contributed by atoms with E-state index in [0.717, 1.165) is 18.9 Å². The summed E-state index contributed by atoms with van der Waals surface area (Å²) in [7, 11) is 3.67. The zero-order chi connectivity index (χ0) is 23.2. The van der Waals surface area contributed by atoms with E-state index in [9.17, 15) is 22.8 Å². The highest BCUT2D eigenvalue weighted by Crippen LogP contribution is 2.37. The summed E-state index contributed by atoms with van der Waals surface area (Å²) in [5, 5.41) is 1.81. The number of alkyl halides is 3. The second-order valence-electron chi connectivity index (χ2n) is 7.09. The number of rotatable bonds is 9. The van der Waals surface area contributed by atoms with Crippen molar-refractivity contribution in [2.75, 3.05) is 34.5 Å². The zero-order valence-corrected chi connectivity index (χ0v) is 17.9. The highest BCUT2D eigenvalue weighted by atomic mass is 19.4.